The summed E-state index contributed by atoms with van der Waals surface area (Å²) in [4.78, 5) is 23.9. The van der Waals surface area contributed by atoms with Gasteiger partial charge in [-0.3, -0.25) is 4.21 Å². The Hall–Kier alpha value is -1.11. The molecule has 6 nitrogen and oxygen atoms in total. The van der Waals surface area contributed by atoms with Crippen LogP contribution in [0.4, 0.5) is 4.79 Å². The molecule has 1 heterocycles. The lowest BCUT2D eigenvalue weighted by atomic mass is 10.2. The van der Waals surface area contributed by atoms with Gasteiger partial charge in [0, 0.05) is 35.4 Å². The minimum atomic E-state index is -1.03. The molecular formula is C9H16N2O4S. The number of urea groups is 1. The van der Waals surface area contributed by atoms with Gasteiger partial charge in [0.25, 0.3) is 0 Å². The van der Waals surface area contributed by atoms with Crippen molar-refractivity contribution >= 4 is 22.8 Å². The summed E-state index contributed by atoms with van der Waals surface area (Å²) >= 11 is 0. The van der Waals surface area contributed by atoms with Crippen molar-refractivity contribution in [2.45, 2.75) is 19.4 Å². The van der Waals surface area contributed by atoms with Crippen molar-refractivity contribution in [2.24, 2.45) is 0 Å². The number of rotatable bonds is 3. The second kappa shape index (κ2) is 5.83. The highest BCUT2D eigenvalue weighted by Crippen LogP contribution is 2.01. The smallest absolute Gasteiger partial charge is 0.326 e. The minimum Gasteiger partial charge on any atom is -0.480 e. The molecule has 16 heavy (non-hydrogen) atoms. The topological polar surface area (TPSA) is 86.7 Å². The molecule has 0 saturated carbocycles. The number of amides is 2. The third kappa shape index (κ3) is 3.48. The van der Waals surface area contributed by atoms with Gasteiger partial charge >= 0.3 is 12.0 Å². The lowest BCUT2D eigenvalue weighted by Crippen LogP contribution is -2.51. The molecule has 0 unspecified atom stereocenters. The zero-order chi connectivity index (χ0) is 12.1. The van der Waals surface area contributed by atoms with Gasteiger partial charge in [-0.05, 0) is 6.42 Å². The van der Waals surface area contributed by atoms with Crippen LogP contribution in [0.15, 0.2) is 0 Å². The first-order valence-corrected chi connectivity index (χ1v) is 6.66. The molecule has 7 heteroatoms. The van der Waals surface area contributed by atoms with Crippen LogP contribution >= 0.6 is 0 Å². The van der Waals surface area contributed by atoms with Gasteiger partial charge < -0.3 is 15.3 Å². The van der Waals surface area contributed by atoms with E-state index in [1.807, 2.05) is 0 Å². The number of carboxylic acid groups (broad SMARTS) is 1. The van der Waals surface area contributed by atoms with Crippen LogP contribution in [0.5, 0.6) is 0 Å². The quantitative estimate of drug-likeness (QED) is 0.713. The summed E-state index contributed by atoms with van der Waals surface area (Å²) in [5.74, 6) is -0.0920. The maximum absolute atomic E-state index is 11.6. The second-order valence-corrected chi connectivity index (χ2v) is 5.28. The Morgan fingerprint density at radius 3 is 2.44 bits per heavy atom. The molecule has 1 aliphatic heterocycles. The van der Waals surface area contributed by atoms with Gasteiger partial charge in [-0.2, -0.15) is 0 Å². The number of nitrogens with zero attached hydrogens (tertiary/aromatic N) is 1. The van der Waals surface area contributed by atoms with Crippen LogP contribution in [-0.4, -0.2) is 56.9 Å². The summed E-state index contributed by atoms with van der Waals surface area (Å²) < 4.78 is 11.1. The highest BCUT2D eigenvalue weighted by atomic mass is 32.2. The lowest BCUT2D eigenvalue weighted by Gasteiger charge is -2.27. The van der Waals surface area contributed by atoms with Crippen molar-refractivity contribution in [3.8, 4) is 0 Å². The Kier molecular flexibility index (Phi) is 4.72. The van der Waals surface area contributed by atoms with Gasteiger partial charge in [0.15, 0.2) is 0 Å². The molecule has 0 bridgehead atoms. The maximum atomic E-state index is 11.6. The number of hydrogen-bond acceptors (Lipinski definition) is 3. The Balaban J connectivity index is 2.45. The number of nitrogens with one attached hydrogen (secondary N) is 1. The molecule has 1 aliphatic rings. The summed E-state index contributed by atoms with van der Waals surface area (Å²) in [6.45, 7) is 2.55. The highest BCUT2D eigenvalue weighted by Gasteiger charge is 2.24. The standard InChI is InChI=1S/C9H16N2O4S/c1-2-7(8(12)13)10-9(14)11-3-5-16(15)6-4-11/h7H,2-6H2,1H3,(H,10,14)(H,12,13)/t7-/m0/s1. The van der Waals surface area contributed by atoms with E-state index in [2.05, 4.69) is 5.32 Å². The first-order valence-electron chi connectivity index (χ1n) is 5.17. The Labute approximate surface area is 96.5 Å². The van der Waals surface area contributed by atoms with Gasteiger partial charge in [0.2, 0.25) is 0 Å². The summed E-state index contributed by atoms with van der Waals surface area (Å²) in [6.07, 6.45) is 0.348. The highest BCUT2D eigenvalue weighted by molar-refractivity contribution is 7.85. The van der Waals surface area contributed by atoms with Crippen LogP contribution < -0.4 is 5.32 Å². The largest absolute Gasteiger partial charge is 0.480 e. The van der Waals surface area contributed by atoms with Gasteiger partial charge in [-0.15, -0.1) is 0 Å². The van der Waals surface area contributed by atoms with E-state index in [1.54, 1.807) is 6.92 Å². The number of carbonyl (C=O) groups is 2. The predicted octanol–water partition coefficient (Wildman–Crippen LogP) is -0.376. The van der Waals surface area contributed by atoms with E-state index in [-0.39, 0.29) is 6.03 Å². The van der Waals surface area contributed by atoms with E-state index >= 15 is 0 Å². The van der Waals surface area contributed by atoms with Crippen LogP contribution in [-0.2, 0) is 15.6 Å². The zero-order valence-electron chi connectivity index (χ0n) is 9.14. The van der Waals surface area contributed by atoms with E-state index in [0.717, 1.165) is 0 Å². The average molecular weight is 248 g/mol. The van der Waals surface area contributed by atoms with E-state index < -0.39 is 22.8 Å². The summed E-state index contributed by atoms with van der Waals surface area (Å²) in [5.41, 5.74) is 0. The molecule has 2 amide bonds. The molecule has 0 spiro atoms. The van der Waals surface area contributed by atoms with Crippen LogP contribution in [0.2, 0.25) is 0 Å². The normalized spacial score (nSPS) is 19.2. The van der Waals surface area contributed by atoms with Crippen molar-refractivity contribution in [1.82, 2.24) is 10.2 Å². The van der Waals surface area contributed by atoms with Crippen molar-refractivity contribution < 1.29 is 18.9 Å². The third-order valence-electron chi connectivity index (χ3n) is 2.47. The van der Waals surface area contributed by atoms with Crippen LogP contribution in [0, 0.1) is 0 Å². The first-order chi connectivity index (χ1) is 7.54. The SMILES string of the molecule is CC[C@H](NC(=O)N1CCS(=O)CC1)C(=O)O. The van der Waals surface area contributed by atoms with Crippen LogP contribution in [0.3, 0.4) is 0 Å². The van der Waals surface area contributed by atoms with Crippen molar-refractivity contribution in [1.29, 1.82) is 0 Å². The lowest BCUT2D eigenvalue weighted by molar-refractivity contribution is -0.139. The third-order valence-corrected chi connectivity index (χ3v) is 3.74. The second-order valence-electron chi connectivity index (χ2n) is 3.58. The molecule has 0 aromatic rings. The molecule has 0 aliphatic carbocycles. The Morgan fingerprint density at radius 1 is 1.44 bits per heavy atom. The summed E-state index contributed by atoms with van der Waals surface area (Å²) in [6, 6.07) is -1.23. The number of carbonyl (C=O) groups excluding carboxylic acids is 1. The fourth-order valence-corrected chi connectivity index (χ4v) is 2.47. The van der Waals surface area contributed by atoms with E-state index in [9.17, 15) is 13.8 Å². The van der Waals surface area contributed by atoms with Gasteiger partial charge in [-0.1, -0.05) is 6.92 Å². The van der Waals surface area contributed by atoms with Crippen molar-refractivity contribution in [3.05, 3.63) is 0 Å². The van der Waals surface area contributed by atoms with Gasteiger partial charge in [0.1, 0.15) is 6.04 Å². The molecule has 1 rings (SSSR count). The number of hydrogen-bond donors (Lipinski definition) is 2. The molecule has 1 atom stereocenters. The van der Waals surface area contributed by atoms with E-state index in [1.165, 1.54) is 4.90 Å². The fraction of sp³-hybridized carbons (Fsp3) is 0.778. The first kappa shape index (κ1) is 13.0. The minimum absolute atomic E-state index is 0.348. The van der Waals surface area contributed by atoms with Gasteiger partial charge in [-0.25, -0.2) is 9.59 Å². The van der Waals surface area contributed by atoms with Crippen LogP contribution in [0.1, 0.15) is 13.3 Å². The van der Waals surface area contributed by atoms with E-state index in [0.29, 0.717) is 31.0 Å². The average Bonchev–Trinajstić information content (AvgIpc) is 2.26. The number of aliphatic carboxylic acids is 1. The Morgan fingerprint density at radius 2 is 2.00 bits per heavy atom. The van der Waals surface area contributed by atoms with Crippen molar-refractivity contribution in [3.63, 3.8) is 0 Å². The molecule has 0 aromatic heterocycles. The summed E-state index contributed by atoms with van der Waals surface area (Å²) in [7, 11) is -0.839. The van der Waals surface area contributed by atoms with E-state index in [4.69, 9.17) is 5.11 Å². The molecule has 1 fully saturated rings. The molecule has 0 aromatic carbocycles. The Bertz CT molecular complexity index is 298. The molecule has 0 radical (unpaired) electrons. The predicted molar refractivity (Wildman–Crippen MR) is 59.7 cm³/mol. The molecule has 1 saturated heterocycles. The maximum Gasteiger partial charge on any atom is 0.326 e. The molecular weight excluding hydrogens is 232 g/mol. The number of carboxylic acids is 1. The fourth-order valence-electron chi connectivity index (χ4n) is 1.42. The molecule has 2 N–H and O–H groups in total. The van der Waals surface area contributed by atoms with Gasteiger partial charge in [0.05, 0.1) is 0 Å². The summed E-state index contributed by atoms with van der Waals surface area (Å²) in [5, 5.41) is 11.2. The zero-order valence-corrected chi connectivity index (χ0v) is 9.96. The van der Waals surface area contributed by atoms with Crippen LogP contribution in [0.25, 0.3) is 0 Å². The van der Waals surface area contributed by atoms with Crippen molar-refractivity contribution in [2.75, 3.05) is 24.6 Å². The molecule has 92 valence electrons. The monoisotopic (exact) mass is 248 g/mol.